The average molecular weight is 395 g/mol. The minimum Gasteiger partial charge on any atom is -0.483 e. The first-order valence-electron chi connectivity index (χ1n) is 7.11. The van der Waals surface area contributed by atoms with Crippen LogP contribution in [0.1, 0.15) is 21.5 Å². The molecule has 5 nitrogen and oxygen atoms in total. The molecule has 0 aromatic heterocycles. The molecule has 2 aromatic carbocycles. The van der Waals surface area contributed by atoms with E-state index in [9.17, 15) is 14.0 Å². The summed E-state index contributed by atoms with van der Waals surface area (Å²) in [7, 11) is 0. The Hall–Kier alpha value is -2.41. The Bertz CT molecular complexity index is 780. The molecule has 126 valence electrons. The van der Waals surface area contributed by atoms with E-state index in [-0.39, 0.29) is 12.2 Å². The Morgan fingerprint density at radius 1 is 1.12 bits per heavy atom. The van der Waals surface area contributed by atoms with Gasteiger partial charge in [0.2, 0.25) is 0 Å². The van der Waals surface area contributed by atoms with Crippen LogP contribution in [-0.2, 0) is 4.79 Å². The van der Waals surface area contributed by atoms with Gasteiger partial charge in [-0.2, -0.15) is 0 Å². The summed E-state index contributed by atoms with van der Waals surface area (Å²) >= 11 is 3.10. The molecule has 0 heterocycles. The van der Waals surface area contributed by atoms with E-state index in [2.05, 4.69) is 26.8 Å². The van der Waals surface area contributed by atoms with Crippen molar-refractivity contribution in [2.75, 3.05) is 6.61 Å². The van der Waals surface area contributed by atoms with Crippen molar-refractivity contribution in [2.45, 2.75) is 13.8 Å². The Morgan fingerprint density at radius 2 is 1.88 bits per heavy atom. The fraction of sp³-hybridized carbons (Fsp3) is 0.176. The number of ether oxygens (including phenoxy) is 1. The SMILES string of the molecule is Cc1ccc(C)c(OCC(=O)NNC(=O)c2ccc(Br)cc2F)c1. The molecule has 0 spiro atoms. The highest BCUT2D eigenvalue weighted by Crippen LogP contribution is 2.18. The monoisotopic (exact) mass is 394 g/mol. The number of hydrogen-bond acceptors (Lipinski definition) is 3. The maximum atomic E-state index is 13.6. The van der Waals surface area contributed by atoms with Gasteiger partial charge in [0, 0.05) is 4.47 Å². The topological polar surface area (TPSA) is 67.4 Å². The largest absolute Gasteiger partial charge is 0.483 e. The molecule has 2 N–H and O–H groups in total. The quantitative estimate of drug-likeness (QED) is 0.783. The van der Waals surface area contributed by atoms with Gasteiger partial charge in [-0.1, -0.05) is 28.1 Å². The van der Waals surface area contributed by atoms with E-state index < -0.39 is 17.6 Å². The minimum atomic E-state index is -0.750. The van der Waals surface area contributed by atoms with Gasteiger partial charge >= 0.3 is 0 Å². The lowest BCUT2D eigenvalue weighted by atomic mass is 10.1. The summed E-state index contributed by atoms with van der Waals surface area (Å²) in [5.41, 5.74) is 6.07. The van der Waals surface area contributed by atoms with Crippen LogP contribution in [0.3, 0.4) is 0 Å². The molecule has 0 aliphatic rings. The van der Waals surface area contributed by atoms with E-state index in [1.807, 2.05) is 32.0 Å². The smallest absolute Gasteiger partial charge is 0.276 e. The molecular formula is C17H16BrFN2O3. The number of carbonyl (C=O) groups excluding carboxylic acids is 2. The van der Waals surface area contributed by atoms with E-state index >= 15 is 0 Å². The van der Waals surface area contributed by atoms with Gasteiger partial charge in [0.15, 0.2) is 6.61 Å². The van der Waals surface area contributed by atoms with Crippen LogP contribution in [0.25, 0.3) is 0 Å². The molecule has 0 atom stereocenters. The Kier molecular flexibility index (Phi) is 5.92. The standard InChI is InChI=1S/C17H16BrFN2O3/c1-10-3-4-11(2)15(7-10)24-9-16(22)20-21-17(23)13-6-5-12(18)8-14(13)19/h3-8H,9H2,1-2H3,(H,20,22)(H,21,23). The Balaban J connectivity index is 1.86. The number of halogens is 2. The molecule has 7 heteroatoms. The van der Waals surface area contributed by atoms with Crippen LogP contribution in [-0.4, -0.2) is 18.4 Å². The van der Waals surface area contributed by atoms with Gasteiger partial charge in [-0.15, -0.1) is 0 Å². The molecule has 0 aliphatic carbocycles. The van der Waals surface area contributed by atoms with Crippen LogP contribution in [0.4, 0.5) is 4.39 Å². The molecule has 0 unspecified atom stereocenters. The van der Waals surface area contributed by atoms with Gasteiger partial charge in [0.25, 0.3) is 11.8 Å². The lowest BCUT2D eigenvalue weighted by Crippen LogP contribution is -2.44. The second kappa shape index (κ2) is 7.92. The summed E-state index contributed by atoms with van der Waals surface area (Å²) in [6.45, 7) is 3.51. The van der Waals surface area contributed by atoms with Gasteiger partial charge in [0.1, 0.15) is 11.6 Å². The zero-order chi connectivity index (χ0) is 17.7. The summed E-state index contributed by atoms with van der Waals surface area (Å²) in [6.07, 6.45) is 0. The molecule has 0 fully saturated rings. The van der Waals surface area contributed by atoms with E-state index in [1.165, 1.54) is 18.2 Å². The fourth-order valence-electron chi connectivity index (χ4n) is 1.91. The molecule has 0 radical (unpaired) electrons. The normalized spacial score (nSPS) is 10.2. The van der Waals surface area contributed by atoms with Gasteiger partial charge in [-0.3, -0.25) is 20.4 Å². The summed E-state index contributed by atoms with van der Waals surface area (Å²) < 4.78 is 19.6. The van der Waals surface area contributed by atoms with Crippen molar-refractivity contribution in [2.24, 2.45) is 0 Å². The highest BCUT2D eigenvalue weighted by atomic mass is 79.9. The van der Waals surface area contributed by atoms with Crippen LogP contribution < -0.4 is 15.6 Å². The number of rotatable bonds is 4. The van der Waals surface area contributed by atoms with Crippen LogP contribution in [0.5, 0.6) is 5.75 Å². The van der Waals surface area contributed by atoms with Gasteiger partial charge < -0.3 is 4.74 Å². The van der Waals surface area contributed by atoms with Crippen LogP contribution in [0.2, 0.25) is 0 Å². The van der Waals surface area contributed by atoms with E-state index in [4.69, 9.17) is 4.74 Å². The number of benzene rings is 2. The van der Waals surface area contributed by atoms with E-state index in [0.717, 1.165) is 11.1 Å². The predicted octanol–water partition coefficient (Wildman–Crippen LogP) is 3.05. The lowest BCUT2D eigenvalue weighted by Gasteiger charge is -2.11. The molecule has 2 aromatic rings. The zero-order valence-electron chi connectivity index (χ0n) is 13.2. The Labute approximate surface area is 147 Å². The second-order valence-corrected chi connectivity index (χ2v) is 6.10. The van der Waals surface area contributed by atoms with Gasteiger partial charge in [0.05, 0.1) is 5.56 Å². The van der Waals surface area contributed by atoms with Crippen molar-refractivity contribution >= 4 is 27.7 Å². The number of amides is 2. The summed E-state index contributed by atoms with van der Waals surface area (Å²) in [5, 5.41) is 0. The number of aryl methyl sites for hydroxylation is 2. The lowest BCUT2D eigenvalue weighted by molar-refractivity contribution is -0.123. The fourth-order valence-corrected chi connectivity index (χ4v) is 2.24. The summed E-state index contributed by atoms with van der Waals surface area (Å²) in [4.78, 5) is 23.6. The maximum absolute atomic E-state index is 13.6. The highest BCUT2D eigenvalue weighted by Gasteiger charge is 2.13. The van der Waals surface area contributed by atoms with E-state index in [0.29, 0.717) is 10.2 Å². The molecular weight excluding hydrogens is 379 g/mol. The summed E-state index contributed by atoms with van der Waals surface area (Å²) in [5.74, 6) is -1.40. The number of hydrogen-bond donors (Lipinski definition) is 2. The predicted molar refractivity (Wildman–Crippen MR) is 91.1 cm³/mol. The van der Waals surface area contributed by atoms with Crippen molar-refractivity contribution in [3.63, 3.8) is 0 Å². The number of nitrogens with one attached hydrogen (secondary N) is 2. The third kappa shape index (κ3) is 4.79. The van der Waals surface area contributed by atoms with Crippen molar-refractivity contribution < 1.29 is 18.7 Å². The molecule has 0 bridgehead atoms. The Morgan fingerprint density at radius 3 is 2.58 bits per heavy atom. The first kappa shape index (κ1) is 17.9. The summed E-state index contributed by atoms with van der Waals surface area (Å²) in [6, 6.07) is 9.66. The first-order chi connectivity index (χ1) is 11.4. The molecule has 2 amide bonds. The number of carbonyl (C=O) groups is 2. The third-order valence-corrected chi connectivity index (χ3v) is 3.69. The first-order valence-corrected chi connectivity index (χ1v) is 7.90. The maximum Gasteiger partial charge on any atom is 0.276 e. The van der Waals surface area contributed by atoms with E-state index in [1.54, 1.807) is 0 Å². The highest BCUT2D eigenvalue weighted by molar-refractivity contribution is 9.10. The van der Waals surface area contributed by atoms with Crippen LogP contribution >= 0.6 is 15.9 Å². The van der Waals surface area contributed by atoms with Crippen molar-refractivity contribution in [3.05, 3.63) is 63.4 Å². The van der Waals surface area contributed by atoms with Crippen LogP contribution in [0, 0.1) is 19.7 Å². The second-order valence-electron chi connectivity index (χ2n) is 5.18. The average Bonchev–Trinajstić information content (AvgIpc) is 2.53. The third-order valence-electron chi connectivity index (χ3n) is 3.19. The molecule has 0 saturated carbocycles. The van der Waals surface area contributed by atoms with Crippen molar-refractivity contribution in [1.29, 1.82) is 0 Å². The van der Waals surface area contributed by atoms with Gasteiger partial charge in [-0.05, 0) is 49.2 Å². The minimum absolute atomic E-state index is 0.172. The number of hydrazine groups is 1. The van der Waals surface area contributed by atoms with Crippen molar-refractivity contribution in [1.82, 2.24) is 10.9 Å². The molecule has 2 rings (SSSR count). The molecule has 0 saturated heterocycles. The van der Waals surface area contributed by atoms with Crippen LogP contribution in [0.15, 0.2) is 40.9 Å². The molecule has 24 heavy (non-hydrogen) atoms. The zero-order valence-corrected chi connectivity index (χ0v) is 14.7. The van der Waals surface area contributed by atoms with Crippen molar-refractivity contribution in [3.8, 4) is 5.75 Å². The van der Waals surface area contributed by atoms with Gasteiger partial charge in [-0.25, -0.2) is 4.39 Å². The molecule has 0 aliphatic heterocycles.